The van der Waals surface area contributed by atoms with E-state index in [2.05, 4.69) is 10.2 Å². The Hall–Kier alpha value is -1.49. The molecular weight excluding hydrogens is 212 g/mol. The number of benzene rings is 1. The molecule has 2 aromatic rings. The molecule has 0 unspecified atom stereocenters. The lowest BCUT2D eigenvalue weighted by molar-refractivity contribution is -0.125. The topological polar surface area (TPSA) is 54.7 Å². The first kappa shape index (κ1) is 9.72. The summed E-state index contributed by atoms with van der Waals surface area (Å²) in [5.74, 6) is -2.64. The Morgan fingerprint density at radius 3 is 2.62 bits per heavy atom. The lowest BCUT2D eigenvalue weighted by atomic mass is 9.71. The highest BCUT2D eigenvalue weighted by Crippen LogP contribution is 2.50. The SMILES string of the molecule is NC1(c2[nH]nc3ccccc23)CC(F)(F)C1. The predicted molar refractivity (Wildman–Crippen MR) is 56.1 cm³/mol. The van der Waals surface area contributed by atoms with Gasteiger partial charge in [0.05, 0.1) is 16.7 Å². The van der Waals surface area contributed by atoms with E-state index in [1.807, 2.05) is 24.3 Å². The van der Waals surface area contributed by atoms with Crippen molar-refractivity contribution in [2.75, 3.05) is 0 Å². The summed E-state index contributed by atoms with van der Waals surface area (Å²) in [6.07, 6.45) is -0.627. The van der Waals surface area contributed by atoms with Crippen molar-refractivity contribution in [2.24, 2.45) is 5.73 Å². The van der Waals surface area contributed by atoms with Crippen molar-refractivity contribution in [3.8, 4) is 0 Å². The van der Waals surface area contributed by atoms with E-state index >= 15 is 0 Å². The van der Waals surface area contributed by atoms with Gasteiger partial charge in [-0.05, 0) is 6.07 Å². The highest BCUT2D eigenvalue weighted by atomic mass is 19.3. The minimum atomic E-state index is -2.64. The van der Waals surface area contributed by atoms with E-state index in [9.17, 15) is 8.78 Å². The molecule has 1 aliphatic rings. The van der Waals surface area contributed by atoms with Crippen LogP contribution in [-0.4, -0.2) is 16.1 Å². The number of rotatable bonds is 1. The van der Waals surface area contributed by atoms with Crippen LogP contribution in [0.15, 0.2) is 24.3 Å². The first-order valence-corrected chi connectivity index (χ1v) is 5.11. The summed E-state index contributed by atoms with van der Waals surface area (Å²) in [5.41, 5.74) is 6.38. The molecule has 3 N–H and O–H groups in total. The van der Waals surface area contributed by atoms with E-state index in [0.717, 1.165) is 10.9 Å². The van der Waals surface area contributed by atoms with Crippen LogP contribution in [0.25, 0.3) is 10.9 Å². The second kappa shape index (κ2) is 2.79. The van der Waals surface area contributed by atoms with Gasteiger partial charge in [-0.2, -0.15) is 5.10 Å². The van der Waals surface area contributed by atoms with E-state index in [4.69, 9.17) is 5.73 Å². The summed E-state index contributed by atoms with van der Waals surface area (Å²) in [5, 5.41) is 7.68. The molecule has 5 heteroatoms. The van der Waals surface area contributed by atoms with Crippen LogP contribution < -0.4 is 5.73 Å². The molecule has 3 rings (SSSR count). The maximum Gasteiger partial charge on any atom is 0.252 e. The number of H-pyrrole nitrogens is 1. The molecule has 0 spiro atoms. The number of nitrogens with two attached hydrogens (primary N) is 1. The molecular formula is C11H11F2N3. The van der Waals surface area contributed by atoms with Gasteiger partial charge in [0.25, 0.3) is 5.92 Å². The van der Waals surface area contributed by atoms with Crippen LogP contribution >= 0.6 is 0 Å². The Labute approximate surface area is 90.6 Å². The molecule has 84 valence electrons. The molecule has 1 fully saturated rings. The van der Waals surface area contributed by atoms with Crippen molar-refractivity contribution < 1.29 is 8.78 Å². The molecule has 0 aliphatic heterocycles. The molecule has 1 heterocycles. The summed E-state index contributed by atoms with van der Waals surface area (Å²) >= 11 is 0. The lowest BCUT2D eigenvalue weighted by Gasteiger charge is -2.43. The summed E-state index contributed by atoms with van der Waals surface area (Å²) in [7, 11) is 0. The maximum absolute atomic E-state index is 12.9. The molecule has 0 amide bonds. The third-order valence-electron chi connectivity index (χ3n) is 3.11. The van der Waals surface area contributed by atoms with Gasteiger partial charge in [-0.25, -0.2) is 8.78 Å². The number of alkyl halides is 2. The van der Waals surface area contributed by atoms with Crippen LogP contribution in [0.4, 0.5) is 8.78 Å². The van der Waals surface area contributed by atoms with Crippen LogP contribution in [0.2, 0.25) is 0 Å². The predicted octanol–water partition coefficient (Wildman–Crippen LogP) is 2.15. The molecule has 1 saturated carbocycles. The fraction of sp³-hybridized carbons (Fsp3) is 0.364. The molecule has 0 atom stereocenters. The minimum absolute atomic E-state index is 0.313. The number of para-hydroxylation sites is 1. The smallest absolute Gasteiger partial charge is 0.252 e. The summed E-state index contributed by atoms with van der Waals surface area (Å²) in [6, 6.07) is 7.38. The van der Waals surface area contributed by atoms with Gasteiger partial charge in [0.15, 0.2) is 0 Å². The van der Waals surface area contributed by atoms with Gasteiger partial charge in [-0.3, -0.25) is 5.10 Å². The molecule has 0 saturated heterocycles. The van der Waals surface area contributed by atoms with Crippen molar-refractivity contribution in [3.05, 3.63) is 30.0 Å². The third kappa shape index (κ3) is 1.24. The Morgan fingerprint density at radius 2 is 1.94 bits per heavy atom. The molecule has 1 aliphatic carbocycles. The quantitative estimate of drug-likeness (QED) is 0.778. The molecule has 1 aromatic heterocycles. The molecule has 1 aromatic carbocycles. The van der Waals surface area contributed by atoms with E-state index < -0.39 is 11.5 Å². The zero-order valence-electron chi connectivity index (χ0n) is 8.50. The van der Waals surface area contributed by atoms with Crippen LogP contribution in [-0.2, 0) is 5.54 Å². The Morgan fingerprint density at radius 1 is 1.25 bits per heavy atom. The van der Waals surface area contributed by atoms with Gasteiger partial charge >= 0.3 is 0 Å². The first-order valence-electron chi connectivity index (χ1n) is 5.11. The summed E-state index contributed by atoms with van der Waals surface area (Å²) < 4.78 is 25.8. The number of hydrogen-bond donors (Lipinski definition) is 2. The lowest BCUT2D eigenvalue weighted by Crippen LogP contribution is -2.55. The zero-order valence-corrected chi connectivity index (χ0v) is 8.50. The molecule has 0 radical (unpaired) electrons. The average molecular weight is 223 g/mol. The second-order valence-electron chi connectivity index (χ2n) is 4.48. The Balaban J connectivity index is 2.08. The highest BCUT2D eigenvalue weighted by Gasteiger charge is 2.56. The number of nitrogens with zero attached hydrogens (tertiary/aromatic N) is 1. The van der Waals surface area contributed by atoms with Gasteiger partial charge in [0.1, 0.15) is 0 Å². The number of aromatic nitrogens is 2. The van der Waals surface area contributed by atoms with Gasteiger partial charge in [-0.15, -0.1) is 0 Å². The van der Waals surface area contributed by atoms with Crippen molar-refractivity contribution in [3.63, 3.8) is 0 Å². The van der Waals surface area contributed by atoms with Gasteiger partial charge in [-0.1, -0.05) is 18.2 Å². The van der Waals surface area contributed by atoms with Gasteiger partial charge in [0, 0.05) is 18.2 Å². The molecule has 3 nitrogen and oxygen atoms in total. The van der Waals surface area contributed by atoms with Crippen molar-refractivity contribution in [2.45, 2.75) is 24.3 Å². The third-order valence-corrected chi connectivity index (χ3v) is 3.11. The van der Waals surface area contributed by atoms with Crippen molar-refractivity contribution >= 4 is 10.9 Å². The number of nitrogens with one attached hydrogen (secondary N) is 1. The maximum atomic E-state index is 12.9. The highest BCUT2D eigenvalue weighted by molar-refractivity contribution is 5.82. The van der Waals surface area contributed by atoms with Crippen molar-refractivity contribution in [1.82, 2.24) is 10.2 Å². The summed E-state index contributed by atoms with van der Waals surface area (Å²) in [4.78, 5) is 0. The minimum Gasteiger partial charge on any atom is -0.320 e. The van der Waals surface area contributed by atoms with E-state index in [-0.39, 0.29) is 12.8 Å². The van der Waals surface area contributed by atoms with Crippen molar-refractivity contribution in [1.29, 1.82) is 0 Å². The van der Waals surface area contributed by atoms with Crippen LogP contribution in [0.1, 0.15) is 18.5 Å². The van der Waals surface area contributed by atoms with Gasteiger partial charge < -0.3 is 5.73 Å². The van der Waals surface area contributed by atoms with Gasteiger partial charge in [0.2, 0.25) is 0 Å². The molecule has 16 heavy (non-hydrogen) atoms. The average Bonchev–Trinajstić information content (AvgIpc) is 2.58. The second-order valence-corrected chi connectivity index (χ2v) is 4.48. The fourth-order valence-electron chi connectivity index (χ4n) is 2.39. The number of hydrogen-bond acceptors (Lipinski definition) is 2. The normalized spacial score (nSPS) is 21.9. The van der Waals surface area contributed by atoms with E-state index in [1.165, 1.54) is 0 Å². The number of fused-ring (bicyclic) bond motifs is 1. The zero-order chi connectivity index (χ0) is 11.4. The molecule has 0 bridgehead atoms. The Bertz CT molecular complexity index is 539. The fourth-order valence-corrected chi connectivity index (χ4v) is 2.39. The number of halogens is 2. The monoisotopic (exact) mass is 223 g/mol. The van der Waals surface area contributed by atoms with E-state index in [0.29, 0.717) is 5.69 Å². The van der Waals surface area contributed by atoms with Crippen LogP contribution in [0.5, 0.6) is 0 Å². The Kier molecular flexibility index (Phi) is 1.70. The van der Waals surface area contributed by atoms with Crippen LogP contribution in [0, 0.1) is 0 Å². The summed E-state index contributed by atoms with van der Waals surface area (Å²) in [6.45, 7) is 0. The van der Waals surface area contributed by atoms with E-state index in [1.54, 1.807) is 0 Å². The standard InChI is InChI=1S/C11H11F2N3/c12-11(13)5-10(14,6-11)9-7-3-1-2-4-8(7)15-16-9/h1-4H,5-6,14H2,(H,15,16). The largest absolute Gasteiger partial charge is 0.320 e. The van der Waals surface area contributed by atoms with Crippen LogP contribution in [0.3, 0.4) is 0 Å². The number of aromatic amines is 1. The first-order chi connectivity index (χ1) is 7.50.